The molecule has 0 amide bonds. The highest BCUT2D eigenvalue weighted by Gasteiger charge is 2.12. The summed E-state index contributed by atoms with van der Waals surface area (Å²) in [6.45, 7) is 4.43. The van der Waals surface area contributed by atoms with Crippen molar-refractivity contribution >= 4 is 10.9 Å². The first-order valence-corrected chi connectivity index (χ1v) is 7.22. The van der Waals surface area contributed by atoms with Gasteiger partial charge in [0.15, 0.2) is 0 Å². The van der Waals surface area contributed by atoms with Crippen LogP contribution in [0.2, 0.25) is 0 Å². The van der Waals surface area contributed by atoms with Crippen molar-refractivity contribution in [2.75, 3.05) is 0 Å². The standard InChI is InChI=1S/C18H17F2NO/c1-12(2)21-16(9-13-8-15(20)6-7-18(13)21)11-22-17-5-3-4-14(19)10-17/h3-10,12H,11H2,1-2H3. The van der Waals surface area contributed by atoms with Gasteiger partial charge in [0.05, 0.1) is 5.69 Å². The summed E-state index contributed by atoms with van der Waals surface area (Å²) in [6, 6.07) is 12.9. The number of fused-ring (bicyclic) bond motifs is 1. The second kappa shape index (κ2) is 5.79. The molecule has 22 heavy (non-hydrogen) atoms. The highest BCUT2D eigenvalue weighted by molar-refractivity contribution is 5.81. The number of rotatable bonds is 4. The van der Waals surface area contributed by atoms with Crippen molar-refractivity contribution in [1.82, 2.24) is 4.57 Å². The topological polar surface area (TPSA) is 14.2 Å². The second-order valence-corrected chi connectivity index (χ2v) is 5.55. The molecule has 0 fully saturated rings. The Bertz CT molecular complexity index is 808. The number of hydrogen-bond acceptors (Lipinski definition) is 1. The lowest BCUT2D eigenvalue weighted by Gasteiger charge is -2.15. The number of nitrogens with zero attached hydrogens (tertiary/aromatic N) is 1. The highest BCUT2D eigenvalue weighted by atomic mass is 19.1. The molecule has 0 atom stereocenters. The fraction of sp³-hybridized carbons (Fsp3) is 0.222. The average Bonchev–Trinajstić information content (AvgIpc) is 2.82. The summed E-state index contributed by atoms with van der Waals surface area (Å²) >= 11 is 0. The Balaban J connectivity index is 1.94. The Morgan fingerprint density at radius 2 is 1.77 bits per heavy atom. The average molecular weight is 301 g/mol. The summed E-state index contributed by atoms with van der Waals surface area (Å²) in [5.41, 5.74) is 1.90. The lowest BCUT2D eigenvalue weighted by Crippen LogP contribution is -2.08. The molecule has 2 aromatic carbocycles. The Kier molecular flexibility index (Phi) is 3.84. The van der Waals surface area contributed by atoms with Crippen molar-refractivity contribution < 1.29 is 13.5 Å². The van der Waals surface area contributed by atoms with E-state index in [0.717, 1.165) is 16.6 Å². The third-order valence-electron chi connectivity index (χ3n) is 3.58. The van der Waals surface area contributed by atoms with Gasteiger partial charge in [0.1, 0.15) is 24.0 Å². The molecule has 0 aliphatic heterocycles. The van der Waals surface area contributed by atoms with Crippen LogP contribution >= 0.6 is 0 Å². The fourth-order valence-electron chi connectivity index (χ4n) is 2.70. The molecule has 0 N–H and O–H groups in total. The summed E-state index contributed by atoms with van der Waals surface area (Å²) in [7, 11) is 0. The van der Waals surface area contributed by atoms with E-state index >= 15 is 0 Å². The van der Waals surface area contributed by atoms with E-state index in [1.54, 1.807) is 18.2 Å². The number of hydrogen-bond donors (Lipinski definition) is 0. The van der Waals surface area contributed by atoms with Crippen molar-refractivity contribution in [3.05, 3.63) is 65.9 Å². The zero-order chi connectivity index (χ0) is 15.7. The predicted octanol–water partition coefficient (Wildman–Crippen LogP) is 5.08. The largest absolute Gasteiger partial charge is 0.487 e. The molecular weight excluding hydrogens is 284 g/mol. The lowest BCUT2D eigenvalue weighted by atomic mass is 10.2. The van der Waals surface area contributed by atoms with E-state index in [2.05, 4.69) is 18.4 Å². The summed E-state index contributed by atoms with van der Waals surface area (Å²) in [6.07, 6.45) is 0. The minimum absolute atomic E-state index is 0.217. The molecule has 0 spiro atoms. The van der Waals surface area contributed by atoms with Gasteiger partial charge in [-0.05, 0) is 50.2 Å². The number of aromatic nitrogens is 1. The van der Waals surface area contributed by atoms with Crippen LogP contribution in [0.3, 0.4) is 0 Å². The molecule has 114 valence electrons. The number of ether oxygens (including phenoxy) is 1. The van der Waals surface area contributed by atoms with Gasteiger partial charge in [-0.2, -0.15) is 0 Å². The minimum Gasteiger partial charge on any atom is -0.487 e. The van der Waals surface area contributed by atoms with Gasteiger partial charge in [-0.15, -0.1) is 0 Å². The molecule has 4 heteroatoms. The van der Waals surface area contributed by atoms with Gasteiger partial charge < -0.3 is 9.30 Å². The van der Waals surface area contributed by atoms with Gasteiger partial charge in [-0.1, -0.05) is 6.07 Å². The predicted molar refractivity (Wildman–Crippen MR) is 83.0 cm³/mol. The van der Waals surface area contributed by atoms with Gasteiger partial charge in [0, 0.05) is 23.0 Å². The maximum absolute atomic E-state index is 13.4. The molecule has 2 nitrogen and oxygen atoms in total. The zero-order valence-corrected chi connectivity index (χ0v) is 12.5. The number of benzene rings is 2. The molecule has 1 heterocycles. The van der Waals surface area contributed by atoms with Crippen LogP contribution in [-0.4, -0.2) is 4.57 Å². The second-order valence-electron chi connectivity index (χ2n) is 5.55. The van der Waals surface area contributed by atoms with E-state index in [4.69, 9.17) is 4.74 Å². The van der Waals surface area contributed by atoms with Gasteiger partial charge in [-0.3, -0.25) is 0 Å². The maximum atomic E-state index is 13.4. The molecule has 0 bridgehead atoms. The summed E-state index contributed by atoms with van der Waals surface area (Å²) < 4.78 is 34.4. The fourth-order valence-corrected chi connectivity index (χ4v) is 2.70. The van der Waals surface area contributed by atoms with Crippen molar-refractivity contribution in [3.63, 3.8) is 0 Å². The Labute approximate surface area is 127 Å². The van der Waals surface area contributed by atoms with Crippen LogP contribution < -0.4 is 4.74 Å². The molecule has 0 unspecified atom stereocenters. The molecule has 0 aliphatic carbocycles. The van der Waals surface area contributed by atoms with Crippen LogP contribution in [-0.2, 0) is 6.61 Å². The first-order valence-electron chi connectivity index (χ1n) is 7.22. The molecular formula is C18H17F2NO. The van der Waals surface area contributed by atoms with E-state index in [0.29, 0.717) is 12.4 Å². The van der Waals surface area contributed by atoms with E-state index in [-0.39, 0.29) is 17.7 Å². The van der Waals surface area contributed by atoms with Crippen LogP contribution in [0.15, 0.2) is 48.5 Å². The van der Waals surface area contributed by atoms with Gasteiger partial charge in [-0.25, -0.2) is 8.78 Å². The van der Waals surface area contributed by atoms with Gasteiger partial charge in [0.25, 0.3) is 0 Å². The third kappa shape index (κ3) is 2.82. The Hall–Kier alpha value is -2.36. The summed E-state index contributed by atoms with van der Waals surface area (Å²) in [4.78, 5) is 0. The smallest absolute Gasteiger partial charge is 0.128 e. The lowest BCUT2D eigenvalue weighted by molar-refractivity contribution is 0.291. The zero-order valence-electron chi connectivity index (χ0n) is 12.5. The first-order chi connectivity index (χ1) is 10.5. The van der Waals surface area contributed by atoms with Crippen molar-refractivity contribution in [2.45, 2.75) is 26.5 Å². The van der Waals surface area contributed by atoms with Crippen LogP contribution in [0, 0.1) is 11.6 Å². The SMILES string of the molecule is CC(C)n1c(COc2cccc(F)c2)cc2cc(F)ccc21. The van der Waals surface area contributed by atoms with Gasteiger partial charge in [0.2, 0.25) is 0 Å². The monoisotopic (exact) mass is 301 g/mol. The molecule has 0 saturated carbocycles. The van der Waals surface area contributed by atoms with Crippen molar-refractivity contribution in [1.29, 1.82) is 0 Å². The Morgan fingerprint density at radius 3 is 2.50 bits per heavy atom. The minimum atomic E-state index is -0.330. The molecule has 3 aromatic rings. The summed E-state index contributed by atoms with van der Waals surface area (Å²) in [5, 5.41) is 0.839. The molecule has 0 saturated heterocycles. The van der Waals surface area contributed by atoms with Crippen LogP contribution in [0.4, 0.5) is 8.78 Å². The van der Waals surface area contributed by atoms with Crippen LogP contribution in [0.1, 0.15) is 25.6 Å². The maximum Gasteiger partial charge on any atom is 0.128 e. The van der Waals surface area contributed by atoms with Crippen molar-refractivity contribution in [2.24, 2.45) is 0 Å². The van der Waals surface area contributed by atoms with Crippen LogP contribution in [0.25, 0.3) is 10.9 Å². The normalized spacial score (nSPS) is 11.3. The van der Waals surface area contributed by atoms with Crippen LogP contribution in [0.5, 0.6) is 5.75 Å². The molecule has 0 aliphatic rings. The third-order valence-corrected chi connectivity index (χ3v) is 3.58. The highest BCUT2D eigenvalue weighted by Crippen LogP contribution is 2.26. The van der Waals surface area contributed by atoms with E-state index in [1.165, 1.54) is 24.3 Å². The molecule has 1 aromatic heterocycles. The Morgan fingerprint density at radius 1 is 1.00 bits per heavy atom. The molecule has 3 rings (SSSR count). The summed E-state index contributed by atoms with van der Waals surface area (Å²) in [5.74, 6) is -0.110. The molecule has 0 radical (unpaired) electrons. The number of halogens is 2. The first kappa shape index (κ1) is 14.6. The van der Waals surface area contributed by atoms with Crippen molar-refractivity contribution in [3.8, 4) is 5.75 Å². The van der Waals surface area contributed by atoms with E-state index < -0.39 is 0 Å². The van der Waals surface area contributed by atoms with E-state index in [1.807, 2.05) is 6.07 Å². The van der Waals surface area contributed by atoms with E-state index in [9.17, 15) is 8.78 Å². The van der Waals surface area contributed by atoms with Gasteiger partial charge >= 0.3 is 0 Å². The quantitative estimate of drug-likeness (QED) is 0.655.